The van der Waals surface area contributed by atoms with Crippen molar-refractivity contribution >= 4 is 5.82 Å². The SMILES string of the molecule is CCCc1cc(NC(C)CCC)n(C)n1. The Morgan fingerprint density at radius 1 is 1.40 bits per heavy atom. The third-order valence-corrected chi connectivity index (χ3v) is 2.55. The Balaban J connectivity index is 2.60. The molecule has 0 aliphatic rings. The Hall–Kier alpha value is -0.990. The van der Waals surface area contributed by atoms with E-state index in [1.165, 1.54) is 18.5 Å². The van der Waals surface area contributed by atoms with Crippen LogP contribution in [0.4, 0.5) is 5.82 Å². The van der Waals surface area contributed by atoms with Crippen LogP contribution in [0.15, 0.2) is 6.07 Å². The number of nitrogens with zero attached hydrogens (tertiary/aromatic N) is 2. The molecule has 86 valence electrons. The molecular formula is C12H23N3. The lowest BCUT2D eigenvalue weighted by molar-refractivity contribution is 0.668. The zero-order chi connectivity index (χ0) is 11.3. The minimum absolute atomic E-state index is 0.528. The monoisotopic (exact) mass is 209 g/mol. The Bertz CT molecular complexity index is 291. The molecule has 0 saturated carbocycles. The number of hydrogen-bond acceptors (Lipinski definition) is 2. The highest BCUT2D eigenvalue weighted by atomic mass is 15.3. The first-order valence-electron chi connectivity index (χ1n) is 5.96. The van der Waals surface area contributed by atoms with E-state index in [9.17, 15) is 0 Å². The molecule has 1 aromatic rings. The first-order chi connectivity index (χ1) is 7.17. The van der Waals surface area contributed by atoms with E-state index in [1.807, 2.05) is 11.7 Å². The van der Waals surface area contributed by atoms with Crippen molar-refractivity contribution in [3.63, 3.8) is 0 Å². The second-order valence-corrected chi connectivity index (χ2v) is 4.23. The van der Waals surface area contributed by atoms with Crippen LogP contribution >= 0.6 is 0 Å². The first kappa shape index (κ1) is 12.1. The number of rotatable bonds is 6. The molecule has 1 aromatic heterocycles. The molecule has 1 N–H and O–H groups in total. The maximum atomic E-state index is 4.47. The standard InChI is InChI=1S/C12H23N3/c1-5-7-10(3)13-12-9-11(8-6-2)14-15(12)4/h9-10,13H,5-8H2,1-4H3. The number of aryl methyl sites for hydroxylation is 2. The fourth-order valence-corrected chi connectivity index (χ4v) is 1.80. The van der Waals surface area contributed by atoms with Crippen LogP contribution in [0.5, 0.6) is 0 Å². The zero-order valence-electron chi connectivity index (χ0n) is 10.4. The zero-order valence-corrected chi connectivity index (χ0v) is 10.4. The van der Waals surface area contributed by atoms with E-state index < -0.39 is 0 Å². The van der Waals surface area contributed by atoms with Crippen LogP contribution in [0.2, 0.25) is 0 Å². The van der Waals surface area contributed by atoms with Crippen LogP contribution < -0.4 is 5.32 Å². The normalized spacial score (nSPS) is 12.8. The van der Waals surface area contributed by atoms with E-state index in [2.05, 4.69) is 37.3 Å². The lowest BCUT2D eigenvalue weighted by Crippen LogP contribution is -2.16. The second kappa shape index (κ2) is 5.79. The summed E-state index contributed by atoms with van der Waals surface area (Å²) in [5.74, 6) is 1.14. The number of anilines is 1. The molecule has 1 atom stereocenters. The third kappa shape index (κ3) is 3.57. The molecule has 1 heterocycles. The highest BCUT2D eigenvalue weighted by Crippen LogP contribution is 2.13. The summed E-state index contributed by atoms with van der Waals surface area (Å²) in [7, 11) is 2.00. The molecule has 0 saturated heterocycles. The van der Waals surface area contributed by atoms with Gasteiger partial charge in [0.2, 0.25) is 0 Å². The predicted molar refractivity (Wildman–Crippen MR) is 65.2 cm³/mol. The fourth-order valence-electron chi connectivity index (χ4n) is 1.80. The van der Waals surface area contributed by atoms with E-state index in [-0.39, 0.29) is 0 Å². The van der Waals surface area contributed by atoms with E-state index in [4.69, 9.17) is 0 Å². The summed E-state index contributed by atoms with van der Waals surface area (Å²) in [6.07, 6.45) is 4.64. The fraction of sp³-hybridized carbons (Fsp3) is 0.750. The molecule has 0 spiro atoms. The van der Waals surface area contributed by atoms with Crippen LogP contribution in [0, 0.1) is 0 Å². The molecule has 0 aromatic carbocycles. The van der Waals surface area contributed by atoms with Gasteiger partial charge in [0.15, 0.2) is 0 Å². The quantitative estimate of drug-likeness (QED) is 0.780. The molecule has 0 radical (unpaired) electrons. The van der Waals surface area contributed by atoms with Gasteiger partial charge in [0, 0.05) is 19.2 Å². The average molecular weight is 209 g/mol. The topological polar surface area (TPSA) is 29.9 Å². The molecular weight excluding hydrogens is 186 g/mol. The van der Waals surface area contributed by atoms with E-state index >= 15 is 0 Å². The van der Waals surface area contributed by atoms with Crippen molar-refractivity contribution in [2.45, 2.75) is 52.5 Å². The maximum absolute atomic E-state index is 4.47. The van der Waals surface area contributed by atoms with Gasteiger partial charge in [-0.3, -0.25) is 4.68 Å². The van der Waals surface area contributed by atoms with Crippen molar-refractivity contribution in [2.24, 2.45) is 7.05 Å². The summed E-state index contributed by atoms with van der Waals surface area (Å²) in [5, 5.41) is 7.96. The molecule has 3 nitrogen and oxygen atoms in total. The molecule has 15 heavy (non-hydrogen) atoms. The van der Waals surface area contributed by atoms with Crippen LogP contribution in [0.25, 0.3) is 0 Å². The molecule has 0 amide bonds. The maximum Gasteiger partial charge on any atom is 0.124 e. The van der Waals surface area contributed by atoms with Gasteiger partial charge >= 0.3 is 0 Å². The Labute approximate surface area is 92.9 Å². The minimum Gasteiger partial charge on any atom is -0.368 e. The van der Waals surface area contributed by atoms with Crippen LogP contribution in [0.3, 0.4) is 0 Å². The lowest BCUT2D eigenvalue weighted by Gasteiger charge is -2.13. The van der Waals surface area contributed by atoms with Gasteiger partial charge in [-0.15, -0.1) is 0 Å². The van der Waals surface area contributed by atoms with Gasteiger partial charge < -0.3 is 5.32 Å². The molecule has 3 heteroatoms. The van der Waals surface area contributed by atoms with Gasteiger partial charge in [0.25, 0.3) is 0 Å². The van der Waals surface area contributed by atoms with Crippen molar-refractivity contribution < 1.29 is 0 Å². The predicted octanol–water partition coefficient (Wildman–Crippen LogP) is 2.97. The van der Waals surface area contributed by atoms with Gasteiger partial charge in [0.05, 0.1) is 5.69 Å². The van der Waals surface area contributed by atoms with Crippen molar-refractivity contribution in [3.05, 3.63) is 11.8 Å². The highest BCUT2D eigenvalue weighted by Gasteiger charge is 2.06. The Morgan fingerprint density at radius 3 is 2.73 bits per heavy atom. The molecule has 0 aliphatic carbocycles. The van der Waals surface area contributed by atoms with E-state index in [0.717, 1.165) is 18.7 Å². The van der Waals surface area contributed by atoms with Crippen molar-refractivity contribution in [1.29, 1.82) is 0 Å². The summed E-state index contributed by atoms with van der Waals surface area (Å²) in [6.45, 7) is 6.61. The average Bonchev–Trinajstić information content (AvgIpc) is 2.48. The third-order valence-electron chi connectivity index (χ3n) is 2.55. The van der Waals surface area contributed by atoms with Crippen LogP contribution in [0.1, 0.15) is 45.7 Å². The highest BCUT2D eigenvalue weighted by molar-refractivity contribution is 5.37. The number of hydrogen-bond donors (Lipinski definition) is 1. The van der Waals surface area contributed by atoms with Gasteiger partial charge in [-0.05, 0) is 19.8 Å². The van der Waals surface area contributed by atoms with Crippen LogP contribution in [-0.4, -0.2) is 15.8 Å². The minimum atomic E-state index is 0.528. The summed E-state index contributed by atoms with van der Waals surface area (Å²) >= 11 is 0. The largest absolute Gasteiger partial charge is 0.368 e. The second-order valence-electron chi connectivity index (χ2n) is 4.23. The first-order valence-corrected chi connectivity index (χ1v) is 5.96. The smallest absolute Gasteiger partial charge is 0.124 e. The molecule has 0 aliphatic heterocycles. The van der Waals surface area contributed by atoms with E-state index in [1.54, 1.807) is 0 Å². The summed E-state index contributed by atoms with van der Waals surface area (Å²) < 4.78 is 1.94. The molecule has 0 fully saturated rings. The van der Waals surface area contributed by atoms with Gasteiger partial charge in [-0.2, -0.15) is 5.10 Å². The van der Waals surface area contributed by atoms with Crippen LogP contribution in [-0.2, 0) is 13.5 Å². The van der Waals surface area contributed by atoms with Crippen molar-refractivity contribution in [1.82, 2.24) is 9.78 Å². The Morgan fingerprint density at radius 2 is 2.13 bits per heavy atom. The van der Waals surface area contributed by atoms with Gasteiger partial charge in [-0.25, -0.2) is 0 Å². The van der Waals surface area contributed by atoms with Crippen molar-refractivity contribution in [2.75, 3.05) is 5.32 Å². The van der Waals surface area contributed by atoms with Gasteiger partial charge in [0.1, 0.15) is 5.82 Å². The Kier molecular flexibility index (Phi) is 4.66. The molecule has 1 unspecified atom stereocenters. The number of nitrogens with one attached hydrogen (secondary N) is 1. The summed E-state index contributed by atoms with van der Waals surface area (Å²) in [6, 6.07) is 2.69. The summed E-state index contributed by atoms with van der Waals surface area (Å²) in [4.78, 5) is 0. The summed E-state index contributed by atoms with van der Waals surface area (Å²) in [5.41, 5.74) is 1.19. The molecule has 0 bridgehead atoms. The van der Waals surface area contributed by atoms with Gasteiger partial charge in [-0.1, -0.05) is 26.7 Å². The van der Waals surface area contributed by atoms with E-state index in [0.29, 0.717) is 6.04 Å². The van der Waals surface area contributed by atoms with Crippen molar-refractivity contribution in [3.8, 4) is 0 Å². The lowest BCUT2D eigenvalue weighted by atomic mass is 10.2. The number of aromatic nitrogens is 2. The molecule has 1 rings (SSSR count).